The average molecular weight is 211 g/mol. The Labute approximate surface area is 91.8 Å². The Hall–Kier alpha value is -0.570. The van der Waals surface area contributed by atoms with Gasteiger partial charge in [0.05, 0.1) is 0 Å². The SMILES string of the molecule is CCCC(=O)OCC1CCC2CCCN21. The first-order valence-corrected chi connectivity index (χ1v) is 6.22. The highest BCUT2D eigenvalue weighted by Crippen LogP contribution is 2.32. The van der Waals surface area contributed by atoms with Gasteiger partial charge in [-0.2, -0.15) is 0 Å². The van der Waals surface area contributed by atoms with Gasteiger partial charge in [0.1, 0.15) is 6.61 Å². The molecule has 2 aliphatic heterocycles. The Bertz CT molecular complexity index is 230. The zero-order valence-corrected chi connectivity index (χ0v) is 9.58. The van der Waals surface area contributed by atoms with E-state index in [1.165, 1.54) is 32.2 Å². The zero-order chi connectivity index (χ0) is 10.7. The van der Waals surface area contributed by atoms with E-state index in [4.69, 9.17) is 4.74 Å². The second-order valence-corrected chi connectivity index (χ2v) is 4.70. The molecule has 2 rings (SSSR count). The molecular formula is C12H21NO2. The number of rotatable bonds is 4. The van der Waals surface area contributed by atoms with Gasteiger partial charge in [-0.3, -0.25) is 9.69 Å². The highest BCUT2D eigenvalue weighted by atomic mass is 16.5. The molecule has 2 unspecified atom stereocenters. The van der Waals surface area contributed by atoms with Gasteiger partial charge in [0.25, 0.3) is 0 Å². The molecule has 0 aromatic heterocycles. The Balaban J connectivity index is 1.73. The van der Waals surface area contributed by atoms with Crippen molar-refractivity contribution in [3.63, 3.8) is 0 Å². The lowest BCUT2D eigenvalue weighted by Crippen LogP contribution is -2.35. The van der Waals surface area contributed by atoms with Crippen LogP contribution in [-0.2, 0) is 9.53 Å². The van der Waals surface area contributed by atoms with Crippen LogP contribution in [0.2, 0.25) is 0 Å². The van der Waals surface area contributed by atoms with Crippen molar-refractivity contribution in [1.29, 1.82) is 0 Å². The molecule has 0 aliphatic carbocycles. The van der Waals surface area contributed by atoms with Crippen LogP contribution in [0.25, 0.3) is 0 Å². The molecule has 0 spiro atoms. The minimum absolute atomic E-state index is 0.0276. The summed E-state index contributed by atoms with van der Waals surface area (Å²) in [5.41, 5.74) is 0. The van der Waals surface area contributed by atoms with Crippen molar-refractivity contribution in [2.24, 2.45) is 0 Å². The second kappa shape index (κ2) is 4.97. The third-order valence-corrected chi connectivity index (χ3v) is 3.62. The Morgan fingerprint density at radius 3 is 3.07 bits per heavy atom. The molecule has 2 heterocycles. The number of nitrogens with zero attached hydrogens (tertiary/aromatic N) is 1. The maximum atomic E-state index is 11.3. The number of hydrogen-bond acceptors (Lipinski definition) is 3. The van der Waals surface area contributed by atoms with E-state index < -0.39 is 0 Å². The van der Waals surface area contributed by atoms with Crippen LogP contribution in [0, 0.1) is 0 Å². The van der Waals surface area contributed by atoms with Crippen molar-refractivity contribution < 1.29 is 9.53 Å². The summed E-state index contributed by atoms with van der Waals surface area (Å²) in [6.07, 6.45) is 6.63. The van der Waals surface area contributed by atoms with Crippen LogP contribution in [0.4, 0.5) is 0 Å². The van der Waals surface area contributed by atoms with Crippen LogP contribution in [0.3, 0.4) is 0 Å². The maximum absolute atomic E-state index is 11.3. The molecule has 0 aromatic carbocycles. The van der Waals surface area contributed by atoms with Gasteiger partial charge < -0.3 is 4.74 Å². The summed E-state index contributed by atoms with van der Waals surface area (Å²) >= 11 is 0. The third-order valence-electron chi connectivity index (χ3n) is 3.62. The van der Waals surface area contributed by atoms with Crippen molar-refractivity contribution in [2.45, 2.75) is 57.5 Å². The number of ether oxygens (including phenoxy) is 1. The summed E-state index contributed by atoms with van der Waals surface area (Å²) in [6, 6.07) is 1.30. The molecule has 2 atom stereocenters. The highest BCUT2D eigenvalue weighted by molar-refractivity contribution is 5.69. The molecule has 2 saturated heterocycles. The standard InChI is InChI=1S/C12H21NO2/c1-2-4-12(14)15-9-11-7-6-10-5-3-8-13(10)11/h10-11H,2-9H2,1H3. The van der Waals surface area contributed by atoms with E-state index >= 15 is 0 Å². The van der Waals surface area contributed by atoms with Gasteiger partial charge in [-0.05, 0) is 38.6 Å². The lowest BCUT2D eigenvalue weighted by Gasteiger charge is -2.23. The summed E-state index contributed by atoms with van der Waals surface area (Å²) in [5.74, 6) is -0.0276. The molecule has 0 saturated carbocycles. The molecular weight excluding hydrogens is 190 g/mol. The van der Waals surface area contributed by atoms with E-state index in [0.717, 1.165) is 12.5 Å². The summed E-state index contributed by atoms with van der Waals surface area (Å²) in [6.45, 7) is 3.84. The summed E-state index contributed by atoms with van der Waals surface area (Å²) in [5, 5.41) is 0. The average Bonchev–Trinajstić information content (AvgIpc) is 2.77. The third kappa shape index (κ3) is 2.51. The molecule has 3 heteroatoms. The Morgan fingerprint density at radius 2 is 2.27 bits per heavy atom. The fourth-order valence-corrected chi connectivity index (χ4v) is 2.84. The molecule has 86 valence electrons. The predicted molar refractivity (Wildman–Crippen MR) is 58.6 cm³/mol. The smallest absolute Gasteiger partial charge is 0.305 e. The van der Waals surface area contributed by atoms with Crippen LogP contribution in [0.1, 0.15) is 45.4 Å². The van der Waals surface area contributed by atoms with Gasteiger partial charge in [0.2, 0.25) is 0 Å². The molecule has 0 radical (unpaired) electrons. The molecule has 0 bridgehead atoms. The van der Waals surface area contributed by atoms with Crippen LogP contribution < -0.4 is 0 Å². The van der Waals surface area contributed by atoms with Crippen molar-refractivity contribution in [1.82, 2.24) is 4.90 Å². The van der Waals surface area contributed by atoms with Crippen LogP contribution in [0.15, 0.2) is 0 Å². The largest absolute Gasteiger partial charge is 0.464 e. The summed E-state index contributed by atoms with van der Waals surface area (Å²) < 4.78 is 5.29. The minimum atomic E-state index is -0.0276. The van der Waals surface area contributed by atoms with Crippen molar-refractivity contribution in [3.8, 4) is 0 Å². The number of fused-ring (bicyclic) bond motifs is 1. The van der Waals surface area contributed by atoms with E-state index in [0.29, 0.717) is 19.1 Å². The zero-order valence-electron chi connectivity index (χ0n) is 9.58. The van der Waals surface area contributed by atoms with Crippen molar-refractivity contribution in [2.75, 3.05) is 13.2 Å². The lowest BCUT2D eigenvalue weighted by molar-refractivity contribution is -0.145. The molecule has 2 aliphatic rings. The van der Waals surface area contributed by atoms with E-state index in [1.54, 1.807) is 0 Å². The summed E-state index contributed by atoms with van der Waals surface area (Å²) in [4.78, 5) is 13.8. The fraction of sp³-hybridized carbons (Fsp3) is 0.917. The van der Waals surface area contributed by atoms with Crippen molar-refractivity contribution in [3.05, 3.63) is 0 Å². The molecule has 2 fully saturated rings. The molecule has 3 nitrogen and oxygen atoms in total. The summed E-state index contributed by atoms with van der Waals surface area (Å²) in [7, 11) is 0. The van der Waals surface area contributed by atoms with E-state index in [2.05, 4.69) is 4.90 Å². The van der Waals surface area contributed by atoms with Gasteiger partial charge in [0, 0.05) is 18.5 Å². The topological polar surface area (TPSA) is 29.5 Å². The number of hydrogen-bond donors (Lipinski definition) is 0. The number of carbonyl (C=O) groups excluding carboxylic acids is 1. The molecule has 15 heavy (non-hydrogen) atoms. The number of carbonyl (C=O) groups is 1. The van der Waals surface area contributed by atoms with Gasteiger partial charge >= 0.3 is 5.97 Å². The van der Waals surface area contributed by atoms with Crippen LogP contribution >= 0.6 is 0 Å². The van der Waals surface area contributed by atoms with Crippen LogP contribution in [0.5, 0.6) is 0 Å². The predicted octanol–water partition coefficient (Wildman–Crippen LogP) is 1.96. The second-order valence-electron chi connectivity index (χ2n) is 4.70. The Kier molecular flexibility index (Phi) is 3.62. The Morgan fingerprint density at radius 1 is 1.40 bits per heavy atom. The first-order valence-electron chi connectivity index (χ1n) is 6.22. The molecule has 0 aromatic rings. The first-order chi connectivity index (χ1) is 7.31. The monoisotopic (exact) mass is 211 g/mol. The fourth-order valence-electron chi connectivity index (χ4n) is 2.84. The molecule has 0 amide bonds. The van der Waals surface area contributed by atoms with Crippen LogP contribution in [-0.4, -0.2) is 36.1 Å². The minimum Gasteiger partial charge on any atom is -0.464 e. The van der Waals surface area contributed by atoms with Gasteiger partial charge in [-0.15, -0.1) is 0 Å². The highest BCUT2D eigenvalue weighted by Gasteiger charge is 2.36. The normalized spacial score (nSPS) is 30.5. The van der Waals surface area contributed by atoms with Crippen molar-refractivity contribution >= 4 is 5.97 Å². The molecule has 0 N–H and O–H groups in total. The van der Waals surface area contributed by atoms with Gasteiger partial charge in [0.15, 0.2) is 0 Å². The van der Waals surface area contributed by atoms with Gasteiger partial charge in [-0.25, -0.2) is 0 Å². The maximum Gasteiger partial charge on any atom is 0.305 e. The van der Waals surface area contributed by atoms with E-state index in [9.17, 15) is 4.79 Å². The first kappa shape index (κ1) is 10.9. The lowest BCUT2D eigenvalue weighted by atomic mass is 10.1. The van der Waals surface area contributed by atoms with Gasteiger partial charge in [-0.1, -0.05) is 6.92 Å². The number of esters is 1. The van der Waals surface area contributed by atoms with E-state index in [-0.39, 0.29) is 5.97 Å². The van der Waals surface area contributed by atoms with E-state index in [1.807, 2.05) is 6.92 Å². The quantitative estimate of drug-likeness (QED) is 0.666.